The van der Waals surface area contributed by atoms with Crippen molar-refractivity contribution in [3.05, 3.63) is 35.9 Å². The van der Waals surface area contributed by atoms with Crippen LogP contribution in [-0.4, -0.2) is 34.7 Å². The monoisotopic (exact) mass is 319 g/mol. The van der Waals surface area contributed by atoms with Gasteiger partial charge in [0.25, 0.3) is 0 Å². The first-order chi connectivity index (χ1) is 10.8. The Morgan fingerprint density at radius 1 is 1.26 bits per heavy atom. The zero-order valence-electron chi connectivity index (χ0n) is 13.9. The Morgan fingerprint density at radius 3 is 2.39 bits per heavy atom. The molecule has 0 aromatic heterocycles. The highest BCUT2D eigenvalue weighted by molar-refractivity contribution is 5.88. The molecule has 0 spiro atoms. The van der Waals surface area contributed by atoms with E-state index in [2.05, 4.69) is 5.32 Å². The molecule has 1 amide bonds. The molecule has 1 aromatic carbocycles. The van der Waals surface area contributed by atoms with Crippen LogP contribution in [0.15, 0.2) is 30.3 Å². The molecule has 1 fully saturated rings. The number of alkyl carbamates (subject to hydrolysis) is 1. The van der Waals surface area contributed by atoms with Crippen molar-refractivity contribution in [1.29, 1.82) is 0 Å². The van der Waals surface area contributed by atoms with Gasteiger partial charge in [0.15, 0.2) is 5.78 Å². The highest BCUT2D eigenvalue weighted by atomic mass is 16.6. The number of benzene rings is 1. The van der Waals surface area contributed by atoms with Crippen LogP contribution in [0.25, 0.3) is 0 Å². The van der Waals surface area contributed by atoms with Gasteiger partial charge in [0.05, 0.1) is 6.04 Å². The highest BCUT2D eigenvalue weighted by Gasteiger charge is 2.38. The zero-order valence-corrected chi connectivity index (χ0v) is 13.9. The molecule has 2 atom stereocenters. The Hall–Kier alpha value is -1.88. The van der Waals surface area contributed by atoms with E-state index in [1.165, 1.54) is 0 Å². The molecule has 0 unspecified atom stereocenters. The average molecular weight is 319 g/mol. The summed E-state index contributed by atoms with van der Waals surface area (Å²) in [4.78, 5) is 24.2. The van der Waals surface area contributed by atoms with Crippen LogP contribution in [0.3, 0.4) is 0 Å². The lowest BCUT2D eigenvalue weighted by atomic mass is 9.97. The molecular formula is C18H25NO4. The second kappa shape index (κ2) is 7.13. The second-order valence-corrected chi connectivity index (χ2v) is 7.06. The smallest absolute Gasteiger partial charge is 0.407 e. The number of ketones is 1. The van der Waals surface area contributed by atoms with E-state index in [0.717, 1.165) is 18.4 Å². The average Bonchev–Trinajstić information content (AvgIpc) is 3.28. The number of carbonyl (C=O) groups excluding carboxylic acids is 2. The van der Waals surface area contributed by atoms with Crippen LogP contribution in [0.5, 0.6) is 0 Å². The SMILES string of the molecule is CC(C)(C)OC(=O)N[C@@H](Cc1ccccc1)[C@@H](O)C(=O)C1CC1. The van der Waals surface area contributed by atoms with E-state index in [1.807, 2.05) is 30.3 Å². The number of aliphatic hydroxyl groups excluding tert-OH is 1. The number of nitrogens with one attached hydrogen (secondary N) is 1. The van der Waals surface area contributed by atoms with Crippen molar-refractivity contribution in [3.8, 4) is 0 Å². The molecule has 0 aliphatic heterocycles. The van der Waals surface area contributed by atoms with Gasteiger partial charge in [-0.15, -0.1) is 0 Å². The fourth-order valence-electron chi connectivity index (χ4n) is 2.38. The summed E-state index contributed by atoms with van der Waals surface area (Å²) in [6, 6.07) is 8.77. The molecule has 5 nitrogen and oxygen atoms in total. The normalized spacial score (nSPS) is 17.2. The minimum Gasteiger partial charge on any atom is -0.444 e. The first kappa shape index (κ1) is 17.5. The molecule has 2 rings (SSSR count). The third-order valence-corrected chi connectivity index (χ3v) is 3.65. The molecule has 126 valence electrons. The Balaban J connectivity index is 2.07. The summed E-state index contributed by atoms with van der Waals surface area (Å²) in [6.07, 6.45) is 0.178. The van der Waals surface area contributed by atoms with Crippen LogP contribution in [-0.2, 0) is 16.0 Å². The summed E-state index contributed by atoms with van der Waals surface area (Å²) in [5.74, 6) is -0.259. The Labute approximate surface area is 137 Å². The Kier molecular flexibility index (Phi) is 5.42. The topological polar surface area (TPSA) is 75.6 Å². The van der Waals surface area contributed by atoms with Crippen molar-refractivity contribution in [2.45, 2.75) is 57.8 Å². The van der Waals surface area contributed by atoms with Gasteiger partial charge in [-0.25, -0.2) is 4.79 Å². The second-order valence-electron chi connectivity index (χ2n) is 7.06. The van der Waals surface area contributed by atoms with Gasteiger partial charge in [-0.1, -0.05) is 30.3 Å². The lowest BCUT2D eigenvalue weighted by Gasteiger charge is -2.26. The molecule has 1 aliphatic carbocycles. The summed E-state index contributed by atoms with van der Waals surface area (Å²) in [5, 5.41) is 13.0. The molecular weight excluding hydrogens is 294 g/mol. The summed E-state index contributed by atoms with van der Waals surface area (Å²) in [7, 11) is 0. The number of aliphatic hydroxyl groups is 1. The van der Waals surface area contributed by atoms with Gasteiger partial charge in [-0.05, 0) is 45.6 Å². The van der Waals surface area contributed by atoms with Gasteiger partial charge in [0, 0.05) is 5.92 Å². The predicted molar refractivity (Wildman–Crippen MR) is 87.0 cm³/mol. The van der Waals surface area contributed by atoms with Gasteiger partial charge in [-0.3, -0.25) is 4.79 Å². The molecule has 1 aromatic rings. The van der Waals surface area contributed by atoms with E-state index in [0.29, 0.717) is 6.42 Å². The number of carbonyl (C=O) groups is 2. The largest absolute Gasteiger partial charge is 0.444 e. The molecule has 2 N–H and O–H groups in total. The third-order valence-electron chi connectivity index (χ3n) is 3.65. The van der Waals surface area contributed by atoms with Crippen molar-refractivity contribution < 1.29 is 19.4 Å². The number of ether oxygens (including phenoxy) is 1. The maximum Gasteiger partial charge on any atom is 0.407 e. The van der Waals surface area contributed by atoms with Crippen molar-refractivity contribution >= 4 is 11.9 Å². The van der Waals surface area contributed by atoms with E-state index in [1.54, 1.807) is 20.8 Å². The molecule has 1 saturated carbocycles. The molecule has 0 saturated heterocycles. The zero-order chi connectivity index (χ0) is 17.0. The van der Waals surface area contributed by atoms with Gasteiger partial charge >= 0.3 is 6.09 Å². The first-order valence-corrected chi connectivity index (χ1v) is 8.01. The number of rotatable bonds is 6. The number of hydrogen-bond acceptors (Lipinski definition) is 4. The fourth-order valence-corrected chi connectivity index (χ4v) is 2.38. The first-order valence-electron chi connectivity index (χ1n) is 8.01. The van der Waals surface area contributed by atoms with Crippen LogP contribution < -0.4 is 5.32 Å². The number of Topliss-reactive ketones (excluding diaryl/α,β-unsaturated/α-hetero) is 1. The fraction of sp³-hybridized carbons (Fsp3) is 0.556. The predicted octanol–water partition coefficient (Wildman–Crippen LogP) is 2.46. The molecule has 0 radical (unpaired) electrons. The van der Waals surface area contributed by atoms with Crippen LogP contribution in [0.1, 0.15) is 39.2 Å². The lowest BCUT2D eigenvalue weighted by Crippen LogP contribution is -2.50. The van der Waals surface area contributed by atoms with Crippen molar-refractivity contribution in [2.24, 2.45) is 5.92 Å². The van der Waals surface area contributed by atoms with E-state index in [4.69, 9.17) is 4.74 Å². The summed E-state index contributed by atoms with van der Waals surface area (Å²) >= 11 is 0. The molecule has 0 heterocycles. The molecule has 5 heteroatoms. The van der Waals surface area contributed by atoms with Gasteiger partial charge in [0.2, 0.25) is 0 Å². The quantitative estimate of drug-likeness (QED) is 0.844. The van der Waals surface area contributed by atoms with Crippen LogP contribution in [0.2, 0.25) is 0 Å². The summed E-state index contributed by atoms with van der Waals surface area (Å²) in [5.41, 5.74) is 0.309. The lowest BCUT2D eigenvalue weighted by molar-refractivity contribution is -0.129. The standard InChI is InChI=1S/C18H25NO4/c1-18(2,3)23-17(22)19-14(11-12-7-5-4-6-8-12)16(21)15(20)13-9-10-13/h4-8,13-14,16,21H,9-11H2,1-3H3,(H,19,22)/t14-,16+/m0/s1. The minimum absolute atomic E-state index is 0.0660. The molecule has 1 aliphatic rings. The van der Waals surface area contributed by atoms with Crippen molar-refractivity contribution in [2.75, 3.05) is 0 Å². The van der Waals surface area contributed by atoms with Crippen LogP contribution in [0.4, 0.5) is 4.79 Å². The minimum atomic E-state index is -1.21. The molecule has 0 bridgehead atoms. The summed E-state index contributed by atoms with van der Waals surface area (Å²) in [6.45, 7) is 5.31. The maximum absolute atomic E-state index is 12.2. The van der Waals surface area contributed by atoms with Gasteiger partial charge < -0.3 is 15.2 Å². The number of hydrogen-bond donors (Lipinski definition) is 2. The summed E-state index contributed by atoms with van der Waals surface area (Å²) < 4.78 is 5.24. The Morgan fingerprint density at radius 2 is 1.87 bits per heavy atom. The van der Waals surface area contributed by atoms with E-state index >= 15 is 0 Å². The van der Waals surface area contributed by atoms with E-state index in [9.17, 15) is 14.7 Å². The van der Waals surface area contributed by atoms with Crippen molar-refractivity contribution in [1.82, 2.24) is 5.32 Å². The Bertz CT molecular complexity index is 546. The van der Waals surface area contributed by atoms with E-state index < -0.39 is 23.8 Å². The molecule has 23 heavy (non-hydrogen) atoms. The van der Waals surface area contributed by atoms with Crippen LogP contribution >= 0.6 is 0 Å². The third kappa shape index (κ3) is 5.67. The van der Waals surface area contributed by atoms with E-state index in [-0.39, 0.29) is 11.7 Å². The van der Waals surface area contributed by atoms with Crippen LogP contribution in [0, 0.1) is 5.92 Å². The number of amides is 1. The van der Waals surface area contributed by atoms with Gasteiger partial charge in [0.1, 0.15) is 11.7 Å². The maximum atomic E-state index is 12.2. The van der Waals surface area contributed by atoms with Crippen molar-refractivity contribution in [3.63, 3.8) is 0 Å². The highest BCUT2D eigenvalue weighted by Crippen LogP contribution is 2.31. The van der Waals surface area contributed by atoms with Gasteiger partial charge in [-0.2, -0.15) is 0 Å².